The van der Waals surface area contributed by atoms with Gasteiger partial charge < -0.3 is 20.4 Å². The van der Waals surface area contributed by atoms with E-state index in [-0.39, 0.29) is 17.6 Å². The van der Waals surface area contributed by atoms with Crippen LogP contribution in [0.2, 0.25) is 0 Å². The second kappa shape index (κ2) is 8.07. The summed E-state index contributed by atoms with van der Waals surface area (Å²) in [5.41, 5.74) is 3.85. The van der Waals surface area contributed by atoms with E-state index in [0.29, 0.717) is 6.54 Å². The van der Waals surface area contributed by atoms with E-state index in [1.807, 2.05) is 20.8 Å². The lowest BCUT2D eigenvalue weighted by Gasteiger charge is -2.38. The average molecular weight is 374 g/mol. The van der Waals surface area contributed by atoms with E-state index >= 15 is 0 Å². The number of piperazine rings is 1. The van der Waals surface area contributed by atoms with Crippen molar-refractivity contribution in [3.05, 3.63) is 29.3 Å². The van der Waals surface area contributed by atoms with Gasteiger partial charge in [-0.25, -0.2) is 4.79 Å². The number of likely N-dealkylation sites (N-methyl/N-ethyl adjacent to an activating group) is 2. The Balaban J connectivity index is 1.75. The van der Waals surface area contributed by atoms with Crippen LogP contribution in [0.25, 0.3) is 0 Å². The Labute approximate surface area is 163 Å². The summed E-state index contributed by atoms with van der Waals surface area (Å²) in [5, 5.41) is 6.11. The third kappa shape index (κ3) is 5.14. The molecule has 27 heavy (non-hydrogen) atoms. The van der Waals surface area contributed by atoms with E-state index in [4.69, 9.17) is 0 Å². The van der Waals surface area contributed by atoms with Crippen LogP contribution in [0.1, 0.15) is 37.9 Å². The van der Waals surface area contributed by atoms with Gasteiger partial charge in [0.05, 0.1) is 6.04 Å². The molecule has 1 aromatic rings. The molecule has 3 rings (SSSR count). The summed E-state index contributed by atoms with van der Waals surface area (Å²) in [7, 11) is 4.33. The largest absolute Gasteiger partial charge is 0.374 e. The lowest BCUT2D eigenvalue weighted by atomic mass is 10.00. The van der Waals surface area contributed by atoms with E-state index in [2.05, 4.69) is 57.6 Å². The number of fused-ring (bicyclic) bond motifs is 1. The fourth-order valence-electron chi connectivity index (χ4n) is 3.96. The van der Waals surface area contributed by atoms with Crippen molar-refractivity contribution >= 4 is 11.7 Å². The highest BCUT2D eigenvalue weighted by Gasteiger charge is 2.26. The van der Waals surface area contributed by atoms with E-state index in [1.165, 1.54) is 16.8 Å². The summed E-state index contributed by atoms with van der Waals surface area (Å²) >= 11 is 0. The number of hydrogen-bond acceptors (Lipinski definition) is 4. The fraction of sp³-hybridized carbons (Fsp3) is 0.667. The van der Waals surface area contributed by atoms with Crippen molar-refractivity contribution in [2.75, 3.05) is 58.3 Å². The van der Waals surface area contributed by atoms with Crippen LogP contribution in [0.15, 0.2) is 18.2 Å². The van der Waals surface area contributed by atoms with Crippen LogP contribution >= 0.6 is 0 Å². The van der Waals surface area contributed by atoms with E-state index in [1.54, 1.807) is 0 Å². The molecule has 0 aliphatic carbocycles. The van der Waals surface area contributed by atoms with Crippen LogP contribution < -0.4 is 15.5 Å². The number of nitrogens with zero attached hydrogens (tertiary/aromatic N) is 3. The minimum absolute atomic E-state index is 0.0949. The zero-order chi connectivity index (χ0) is 19.6. The maximum absolute atomic E-state index is 12.3. The molecule has 2 heterocycles. The summed E-state index contributed by atoms with van der Waals surface area (Å²) in [6.07, 6.45) is 1.10. The number of rotatable bonds is 4. The van der Waals surface area contributed by atoms with Crippen molar-refractivity contribution in [2.24, 2.45) is 0 Å². The zero-order valence-electron chi connectivity index (χ0n) is 17.5. The van der Waals surface area contributed by atoms with Gasteiger partial charge in [0.1, 0.15) is 0 Å². The predicted octanol–water partition coefficient (Wildman–Crippen LogP) is 2.07. The number of carbonyl (C=O) groups excluding carboxylic acids is 1. The lowest BCUT2D eigenvalue weighted by molar-refractivity contribution is 0.111. The molecule has 1 aromatic carbocycles. The SMILES string of the molecule is CN1CCN([C@H](CNC(=O)NC(C)(C)C)c2ccc3c(c2)CCN3C)CC1. The first-order valence-electron chi connectivity index (χ1n) is 10.1. The zero-order valence-corrected chi connectivity index (χ0v) is 17.5. The summed E-state index contributed by atoms with van der Waals surface area (Å²) in [4.78, 5) is 19.5. The van der Waals surface area contributed by atoms with Crippen molar-refractivity contribution in [2.45, 2.75) is 38.8 Å². The van der Waals surface area contributed by atoms with Gasteiger partial charge in [-0.15, -0.1) is 0 Å². The van der Waals surface area contributed by atoms with Crippen molar-refractivity contribution in [3.63, 3.8) is 0 Å². The molecule has 0 saturated carbocycles. The number of amides is 2. The molecule has 150 valence electrons. The molecule has 6 heteroatoms. The minimum atomic E-state index is -0.231. The van der Waals surface area contributed by atoms with E-state index in [9.17, 15) is 4.79 Å². The van der Waals surface area contributed by atoms with Crippen LogP contribution in [-0.4, -0.2) is 74.7 Å². The van der Waals surface area contributed by atoms with Gasteiger partial charge in [-0.1, -0.05) is 12.1 Å². The number of benzene rings is 1. The fourth-order valence-corrected chi connectivity index (χ4v) is 3.96. The Morgan fingerprint density at radius 2 is 1.81 bits per heavy atom. The average Bonchev–Trinajstić information content (AvgIpc) is 2.96. The second-order valence-corrected chi connectivity index (χ2v) is 9.00. The highest BCUT2D eigenvalue weighted by Crippen LogP contribution is 2.31. The van der Waals surface area contributed by atoms with Crippen molar-refractivity contribution in [3.8, 4) is 0 Å². The molecule has 2 amide bonds. The minimum Gasteiger partial charge on any atom is -0.374 e. The highest BCUT2D eigenvalue weighted by atomic mass is 16.2. The van der Waals surface area contributed by atoms with Crippen LogP contribution in [0, 0.1) is 0 Å². The van der Waals surface area contributed by atoms with Crippen LogP contribution in [0.3, 0.4) is 0 Å². The molecule has 0 bridgehead atoms. The third-order valence-corrected chi connectivity index (χ3v) is 5.54. The Hall–Kier alpha value is -1.79. The lowest BCUT2D eigenvalue weighted by Crippen LogP contribution is -2.51. The van der Waals surface area contributed by atoms with Crippen molar-refractivity contribution in [1.82, 2.24) is 20.4 Å². The normalized spacial score (nSPS) is 19.7. The molecule has 1 fully saturated rings. The summed E-state index contributed by atoms with van der Waals surface area (Å²) < 4.78 is 0. The number of urea groups is 1. The standard InChI is InChI=1S/C21H35N5O/c1-21(2,3)23-20(27)22-15-19(26-12-10-24(4)11-13-26)16-6-7-18-17(14-16)8-9-25(18)5/h6-7,14,19H,8-13,15H2,1-5H3,(H2,22,23,27)/t19-/m1/s1. The van der Waals surface area contributed by atoms with Crippen LogP contribution in [0.5, 0.6) is 0 Å². The monoisotopic (exact) mass is 373 g/mol. The first kappa shape index (κ1) is 20.0. The highest BCUT2D eigenvalue weighted by molar-refractivity contribution is 5.74. The van der Waals surface area contributed by atoms with Crippen LogP contribution in [-0.2, 0) is 6.42 Å². The molecule has 2 N–H and O–H groups in total. The molecule has 0 spiro atoms. The summed E-state index contributed by atoms with van der Waals surface area (Å²) in [6.45, 7) is 11.9. The van der Waals surface area contributed by atoms with Gasteiger partial charge in [-0.05, 0) is 51.4 Å². The van der Waals surface area contributed by atoms with Gasteiger partial charge in [0, 0.05) is 57.5 Å². The third-order valence-electron chi connectivity index (χ3n) is 5.54. The molecule has 0 radical (unpaired) electrons. The molecule has 1 saturated heterocycles. The van der Waals surface area contributed by atoms with Crippen molar-refractivity contribution < 1.29 is 4.79 Å². The number of carbonyl (C=O) groups is 1. The number of anilines is 1. The van der Waals surface area contributed by atoms with Gasteiger partial charge in [0.25, 0.3) is 0 Å². The topological polar surface area (TPSA) is 50.9 Å². The quantitative estimate of drug-likeness (QED) is 0.848. The first-order chi connectivity index (χ1) is 12.7. The Bertz CT molecular complexity index is 661. The maximum atomic E-state index is 12.3. The first-order valence-corrected chi connectivity index (χ1v) is 10.1. The van der Waals surface area contributed by atoms with Gasteiger partial charge in [-0.3, -0.25) is 4.90 Å². The Morgan fingerprint density at radius 3 is 2.48 bits per heavy atom. The van der Waals surface area contributed by atoms with Gasteiger partial charge in [0.15, 0.2) is 0 Å². The van der Waals surface area contributed by atoms with Gasteiger partial charge in [0.2, 0.25) is 0 Å². The molecule has 2 aliphatic rings. The van der Waals surface area contributed by atoms with Gasteiger partial charge >= 0.3 is 6.03 Å². The Kier molecular flexibility index (Phi) is 5.96. The smallest absolute Gasteiger partial charge is 0.315 e. The van der Waals surface area contributed by atoms with Crippen LogP contribution in [0.4, 0.5) is 10.5 Å². The van der Waals surface area contributed by atoms with Crippen molar-refractivity contribution in [1.29, 1.82) is 0 Å². The molecular formula is C21H35N5O. The van der Waals surface area contributed by atoms with Gasteiger partial charge in [-0.2, -0.15) is 0 Å². The molecule has 1 atom stereocenters. The van der Waals surface area contributed by atoms with E-state index < -0.39 is 0 Å². The molecule has 2 aliphatic heterocycles. The molecule has 0 aromatic heterocycles. The summed E-state index contributed by atoms with van der Waals surface area (Å²) in [5.74, 6) is 0. The predicted molar refractivity (Wildman–Crippen MR) is 112 cm³/mol. The number of nitrogens with one attached hydrogen (secondary N) is 2. The molecule has 6 nitrogen and oxygen atoms in total. The number of hydrogen-bond donors (Lipinski definition) is 2. The molecular weight excluding hydrogens is 338 g/mol. The second-order valence-electron chi connectivity index (χ2n) is 9.00. The summed E-state index contributed by atoms with van der Waals surface area (Å²) in [6, 6.07) is 6.96. The Morgan fingerprint density at radius 1 is 1.11 bits per heavy atom. The van der Waals surface area contributed by atoms with E-state index in [0.717, 1.165) is 39.1 Å². The maximum Gasteiger partial charge on any atom is 0.315 e. The molecule has 0 unspecified atom stereocenters.